The van der Waals surface area contributed by atoms with Crippen molar-refractivity contribution in [3.63, 3.8) is 0 Å². The number of rotatable bonds is 3. The number of oxazole rings is 1. The van der Waals surface area contributed by atoms with E-state index in [1.165, 1.54) is 16.7 Å². The lowest BCUT2D eigenvalue weighted by atomic mass is 9.98. The molecule has 148 valence electrons. The van der Waals surface area contributed by atoms with Crippen LogP contribution in [-0.2, 0) is 6.18 Å². The first kappa shape index (κ1) is 19.0. The van der Waals surface area contributed by atoms with E-state index in [0.29, 0.717) is 22.4 Å². The van der Waals surface area contributed by atoms with Crippen LogP contribution in [0.2, 0.25) is 0 Å². The molecule has 1 atom stereocenters. The molecule has 0 aliphatic carbocycles. The van der Waals surface area contributed by atoms with Crippen LogP contribution < -0.4 is 5.76 Å². The lowest BCUT2D eigenvalue weighted by Crippen LogP contribution is -2.24. The molecule has 2 aromatic heterocycles. The molecule has 0 aliphatic rings. The molecule has 4 rings (SSSR count). The first-order valence-electron chi connectivity index (χ1n) is 8.96. The summed E-state index contributed by atoms with van der Waals surface area (Å²) in [6.07, 6.45) is -2.84. The molecule has 0 N–H and O–H groups in total. The number of benzene rings is 2. The topological polar surface area (TPSA) is 48.0 Å². The van der Waals surface area contributed by atoms with Crippen molar-refractivity contribution >= 4 is 11.1 Å². The lowest BCUT2D eigenvalue weighted by Gasteiger charge is -2.20. The van der Waals surface area contributed by atoms with E-state index in [9.17, 15) is 18.0 Å². The molecule has 7 heteroatoms. The molecule has 0 spiro atoms. The molecule has 0 amide bonds. The number of aryl methyl sites for hydroxylation is 2. The maximum atomic E-state index is 13.0. The van der Waals surface area contributed by atoms with E-state index in [0.717, 1.165) is 23.3 Å². The standard InChI is InChI=1S/C22H17F3N2O2/c1-13-5-10-17-18(12-13)29-21(28)27(17)20(19-14(2)4-3-11-26-19)15-6-8-16(9-7-15)22(23,24)25/h3-12,20H,1-2H3/t20-/m0/s1. The van der Waals surface area contributed by atoms with Crippen molar-refractivity contribution in [2.45, 2.75) is 26.1 Å². The fourth-order valence-electron chi connectivity index (χ4n) is 3.46. The first-order chi connectivity index (χ1) is 13.8. The first-order valence-corrected chi connectivity index (χ1v) is 8.96. The molecule has 0 fully saturated rings. The third-order valence-electron chi connectivity index (χ3n) is 4.89. The normalized spacial score (nSPS) is 13.0. The fourth-order valence-corrected chi connectivity index (χ4v) is 3.46. The molecule has 0 saturated heterocycles. The highest BCUT2D eigenvalue weighted by Crippen LogP contribution is 2.33. The average molecular weight is 398 g/mol. The van der Waals surface area contributed by atoms with Gasteiger partial charge in [-0.3, -0.25) is 9.55 Å². The second kappa shape index (κ2) is 6.92. The van der Waals surface area contributed by atoms with Crippen LogP contribution in [-0.4, -0.2) is 9.55 Å². The molecule has 2 heterocycles. The van der Waals surface area contributed by atoms with Gasteiger partial charge in [-0.2, -0.15) is 13.2 Å². The summed E-state index contributed by atoms with van der Waals surface area (Å²) >= 11 is 0. The van der Waals surface area contributed by atoms with Crippen molar-refractivity contribution in [3.05, 3.63) is 99.3 Å². The zero-order valence-electron chi connectivity index (χ0n) is 15.7. The van der Waals surface area contributed by atoms with Gasteiger partial charge < -0.3 is 4.42 Å². The van der Waals surface area contributed by atoms with Gasteiger partial charge in [0.2, 0.25) is 0 Å². The Kier molecular flexibility index (Phi) is 4.53. The van der Waals surface area contributed by atoms with Gasteiger partial charge in [0.1, 0.15) is 6.04 Å². The van der Waals surface area contributed by atoms with Crippen molar-refractivity contribution in [3.8, 4) is 0 Å². The van der Waals surface area contributed by atoms with E-state index >= 15 is 0 Å². The Balaban J connectivity index is 1.97. The quantitative estimate of drug-likeness (QED) is 0.473. The molecular formula is C22H17F3N2O2. The minimum absolute atomic E-state index is 0.417. The van der Waals surface area contributed by atoms with E-state index < -0.39 is 23.5 Å². The largest absolute Gasteiger partial charge is 0.420 e. The zero-order chi connectivity index (χ0) is 20.8. The molecule has 0 unspecified atom stereocenters. The van der Waals surface area contributed by atoms with E-state index in [4.69, 9.17) is 4.42 Å². The van der Waals surface area contributed by atoms with Gasteiger partial charge in [-0.25, -0.2) is 4.79 Å². The summed E-state index contributed by atoms with van der Waals surface area (Å²) in [5.41, 5.74) is 3.03. The van der Waals surface area contributed by atoms with Crippen molar-refractivity contribution in [1.82, 2.24) is 9.55 Å². The van der Waals surface area contributed by atoms with Crippen molar-refractivity contribution in [2.24, 2.45) is 0 Å². The summed E-state index contributed by atoms with van der Waals surface area (Å²) in [7, 11) is 0. The van der Waals surface area contributed by atoms with Crippen LogP contribution in [0.15, 0.2) is 70.0 Å². The van der Waals surface area contributed by atoms with Crippen molar-refractivity contribution in [2.75, 3.05) is 0 Å². The number of nitrogens with zero attached hydrogens (tertiary/aromatic N) is 2. The van der Waals surface area contributed by atoms with Crippen LogP contribution in [0, 0.1) is 13.8 Å². The number of fused-ring (bicyclic) bond motifs is 1. The van der Waals surface area contributed by atoms with E-state index in [1.54, 1.807) is 24.4 Å². The van der Waals surface area contributed by atoms with Gasteiger partial charge in [0.25, 0.3) is 0 Å². The lowest BCUT2D eigenvalue weighted by molar-refractivity contribution is -0.137. The Hall–Kier alpha value is -3.35. The molecule has 0 aliphatic heterocycles. The summed E-state index contributed by atoms with van der Waals surface area (Å²) in [6.45, 7) is 3.73. The third-order valence-corrected chi connectivity index (χ3v) is 4.89. The monoisotopic (exact) mass is 398 g/mol. The van der Waals surface area contributed by atoms with Crippen LogP contribution in [0.3, 0.4) is 0 Å². The maximum absolute atomic E-state index is 13.0. The van der Waals surface area contributed by atoms with Crippen LogP contribution in [0.5, 0.6) is 0 Å². The summed E-state index contributed by atoms with van der Waals surface area (Å²) < 4.78 is 45.9. The van der Waals surface area contributed by atoms with Gasteiger partial charge in [0, 0.05) is 6.20 Å². The second-order valence-electron chi connectivity index (χ2n) is 6.94. The molecule has 29 heavy (non-hydrogen) atoms. The second-order valence-corrected chi connectivity index (χ2v) is 6.94. The highest BCUT2D eigenvalue weighted by molar-refractivity contribution is 5.74. The fraction of sp³-hybridized carbons (Fsp3) is 0.182. The Morgan fingerprint density at radius 2 is 1.76 bits per heavy atom. The van der Waals surface area contributed by atoms with E-state index in [-0.39, 0.29) is 0 Å². The van der Waals surface area contributed by atoms with Crippen molar-refractivity contribution in [1.29, 1.82) is 0 Å². The predicted octanol–water partition coefficient (Wildman–Crippen LogP) is 5.26. The number of hydrogen-bond donors (Lipinski definition) is 0. The Bertz CT molecular complexity index is 1240. The molecule has 0 bridgehead atoms. The zero-order valence-corrected chi connectivity index (χ0v) is 15.7. The Labute approximate surface area is 164 Å². The van der Waals surface area contributed by atoms with Gasteiger partial charge in [-0.15, -0.1) is 0 Å². The van der Waals surface area contributed by atoms with Crippen LogP contribution >= 0.6 is 0 Å². The van der Waals surface area contributed by atoms with E-state index in [2.05, 4.69) is 4.98 Å². The van der Waals surface area contributed by atoms with Gasteiger partial charge in [-0.1, -0.05) is 24.3 Å². The number of aromatic nitrogens is 2. The predicted molar refractivity (Wildman–Crippen MR) is 103 cm³/mol. The molecule has 0 saturated carbocycles. The van der Waals surface area contributed by atoms with Gasteiger partial charge in [-0.05, 0) is 60.9 Å². The number of hydrogen-bond acceptors (Lipinski definition) is 3. The van der Waals surface area contributed by atoms with Crippen molar-refractivity contribution < 1.29 is 17.6 Å². The van der Waals surface area contributed by atoms with Crippen LogP contribution in [0.4, 0.5) is 13.2 Å². The van der Waals surface area contributed by atoms with Gasteiger partial charge >= 0.3 is 11.9 Å². The molecular weight excluding hydrogens is 381 g/mol. The molecule has 0 radical (unpaired) electrons. The summed E-state index contributed by atoms with van der Waals surface area (Å²) in [5.74, 6) is -0.597. The number of pyridine rings is 1. The SMILES string of the molecule is Cc1ccc2c(c1)oc(=O)n2[C@@H](c1ccc(C(F)(F)F)cc1)c1ncccc1C. The molecule has 4 aromatic rings. The Morgan fingerprint density at radius 3 is 2.41 bits per heavy atom. The van der Waals surface area contributed by atoms with E-state index in [1.807, 2.05) is 26.0 Å². The maximum Gasteiger partial charge on any atom is 0.420 e. The summed E-state index contributed by atoms with van der Waals surface area (Å²) in [6, 6.07) is 13.0. The van der Waals surface area contributed by atoms with Gasteiger partial charge in [0.15, 0.2) is 5.58 Å². The van der Waals surface area contributed by atoms with Crippen LogP contribution in [0.1, 0.15) is 34.0 Å². The Morgan fingerprint density at radius 1 is 1.03 bits per heavy atom. The smallest absolute Gasteiger partial charge is 0.408 e. The molecule has 4 nitrogen and oxygen atoms in total. The minimum atomic E-state index is -4.44. The minimum Gasteiger partial charge on any atom is -0.408 e. The molecule has 2 aromatic carbocycles. The third kappa shape index (κ3) is 3.44. The highest BCUT2D eigenvalue weighted by Gasteiger charge is 2.31. The average Bonchev–Trinajstić information content (AvgIpc) is 2.98. The van der Waals surface area contributed by atoms with Gasteiger partial charge in [0.05, 0.1) is 16.8 Å². The summed E-state index contributed by atoms with van der Waals surface area (Å²) in [4.78, 5) is 17.2. The van der Waals surface area contributed by atoms with Crippen LogP contribution in [0.25, 0.3) is 11.1 Å². The number of halogens is 3. The highest BCUT2D eigenvalue weighted by atomic mass is 19.4. The number of alkyl halides is 3. The summed E-state index contributed by atoms with van der Waals surface area (Å²) in [5, 5.41) is 0.